The topological polar surface area (TPSA) is 107 Å². The van der Waals surface area contributed by atoms with E-state index in [4.69, 9.17) is 10.5 Å². The molecule has 1 aliphatic rings. The molecule has 2 aromatic rings. The number of likely N-dealkylation sites (tertiary alicyclic amines) is 1. The predicted molar refractivity (Wildman–Crippen MR) is 115 cm³/mol. The van der Waals surface area contributed by atoms with Crippen molar-refractivity contribution in [1.29, 1.82) is 0 Å². The maximum absolute atomic E-state index is 12.4. The van der Waals surface area contributed by atoms with Gasteiger partial charge in [0.25, 0.3) is 5.91 Å². The molecule has 0 aromatic heterocycles. The molecule has 1 atom stereocenters. The molecule has 2 N–H and O–H groups in total. The Morgan fingerprint density at radius 3 is 2.29 bits per heavy atom. The Bertz CT molecular complexity index is 940. The average molecular weight is 422 g/mol. The number of ketones is 1. The molecule has 1 fully saturated rings. The van der Waals surface area contributed by atoms with Crippen molar-refractivity contribution in [3.8, 4) is 11.1 Å². The molecule has 0 spiro atoms. The van der Waals surface area contributed by atoms with E-state index in [1.807, 2.05) is 42.5 Å². The second-order valence-electron chi connectivity index (χ2n) is 7.61. The van der Waals surface area contributed by atoms with Gasteiger partial charge in [0.1, 0.15) is 0 Å². The van der Waals surface area contributed by atoms with Crippen LogP contribution in [0.4, 0.5) is 0 Å². The second kappa shape index (κ2) is 10.5. The molecule has 7 heteroatoms. The summed E-state index contributed by atoms with van der Waals surface area (Å²) in [6.07, 6.45) is 1.25. The van der Waals surface area contributed by atoms with E-state index in [0.29, 0.717) is 24.9 Å². The zero-order valence-electron chi connectivity index (χ0n) is 17.3. The Kier molecular flexibility index (Phi) is 7.54. The monoisotopic (exact) mass is 422 g/mol. The van der Waals surface area contributed by atoms with Gasteiger partial charge >= 0.3 is 5.97 Å². The highest BCUT2D eigenvalue weighted by atomic mass is 16.5. The Hall–Kier alpha value is -3.48. The third kappa shape index (κ3) is 6.25. The summed E-state index contributed by atoms with van der Waals surface area (Å²) in [5.41, 5.74) is 7.90. The minimum absolute atomic E-state index is 0.00513. The molecule has 0 saturated carbocycles. The Labute approximate surface area is 181 Å². The number of carbonyl (C=O) groups excluding carboxylic acids is 4. The number of Topliss-reactive ketones (excluding diaryl/α,β-unsaturated/α-hetero) is 1. The van der Waals surface area contributed by atoms with Crippen molar-refractivity contribution >= 4 is 23.6 Å². The van der Waals surface area contributed by atoms with Crippen LogP contribution in [0.5, 0.6) is 0 Å². The summed E-state index contributed by atoms with van der Waals surface area (Å²) in [4.78, 5) is 49.3. The number of rotatable bonds is 8. The zero-order chi connectivity index (χ0) is 22.2. The molecule has 31 heavy (non-hydrogen) atoms. The van der Waals surface area contributed by atoms with E-state index < -0.39 is 18.5 Å². The van der Waals surface area contributed by atoms with E-state index in [1.54, 1.807) is 12.1 Å². The molecule has 3 rings (SSSR count). The normalized spacial score (nSPS) is 15.9. The number of amides is 2. The summed E-state index contributed by atoms with van der Waals surface area (Å²) in [5.74, 6) is -1.92. The maximum Gasteiger partial charge on any atom is 0.306 e. The first-order valence-corrected chi connectivity index (χ1v) is 10.4. The minimum Gasteiger partial charge on any atom is -0.456 e. The number of piperidine rings is 1. The number of carbonyl (C=O) groups is 4. The summed E-state index contributed by atoms with van der Waals surface area (Å²) in [7, 11) is 0. The van der Waals surface area contributed by atoms with E-state index >= 15 is 0 Å². The van der Waals surface area contributed by atoms with Crippen molar-refractivity contribution in [1.82, 2.24) is 4.90 Å². The summed E-state index contributed by atoms with van der Waals surface area (Å²) in [5, 5.41) is 0. The van der Waals surface area contributed by atoms with Gasteiger partial charge < -0.3 is 15.4 Å². The van der Waals surface area contributed by atoms with Crippen LogP contribution in [0.25, 0.3) is 11.1 Å². The zero-order valence-corrected chi connectivity index (χ0v) is 17.3. The Balaban J connectivity index is 1.42. The van der Waals surface area contributed by atoms with Crippen molar-refractivity contribution < 1.29 is 23.9 Å². The smallest absolute Gasteiger partial charge is 0.306 e. The van der Waals surface area contributed by atoms with Crippen molar-refractivity contribution in [2.75, 3.05) is 19.7 Å². The largest absolute Gasteiger partial charge is 0.456 e. The fourth-order valence-corrected chi connectivity index (χ4v) is 3.58. The number of hydrogen-bond acceptors (Lipinski definition) is 5. The van der Waals surface area contributed by atoms with Gasteiger partial charge in [0.2, 0.25) is 5.91 Å². The number of primary amides is 1. The van der Waals surface area contributed by atoms with Crippen LogP contribution >= 0.6 is 0 Å². The van der Waals surface area contributed by atoms with Crippen molar-refractivity contribution in [3.05, 3.63) is 60.2 Å². The molecule has 2 amide bonds. The van der Waals surface area contributed by atoms with Gasteiger partial charge in [-0.05, 0) is 24.0 Å². The third-order valence-corrected chi connectivity index (χ3v) is 5.40. The van der Waals surface area contributed by atoms with Crippen LogP contribution in [0.2, 0.25) is 0 Å². The molecule has 1 saturated heterocycles. The quantitative estimate of drug-likeness (QED) is 0.520. The van der Waals surface area contributed by atoms with Crippen LogP contribution in [0.15, 0.2) is 54.6 Å². The number of nitrogens with two attached hydrogens (primary N) is 1. The number of esters is 1. The van der Waals surface area contributed by atoms with Crippen LogP contribution in [0.3, 0.4) is 0 Å². The lowest BCUT2D eigenvalue weighted by Gasteiger charge is -2.31. The van der Waals surface area contributed by atoms with E-state index in [9.17, 15) is 19.2 Å². The van der Waals surface area contributed by atoms with E-state index in [0.717, 1.165) is 11.1 Å². The van der Waals surface area contributed by atoms with Gasteiger partial charge in [-0.25, -0.2) is 0 Å². The second-order valence-corrected chi connectivity index (χ2v) is 7.61. The van der Waals surface area contributed by atoms with Gasteiger partial charge in [-0.3, -0.25) is 19.2 Å². The minimum atomic E-state index is -0.605. The van der Waals surface area contributed by atoms with Crippen LogP contribution < -0.4 is 5.73 Å². The van der Waals surface area contributed by atoms with Gasteiger partial charge in [-0.2, -0.15) is 0 Å². The van der Waals surface area contributed by atoms with Crippen LogP contribution in [0, 0.1) is 5.92 Å². The van der Waals surface area contributed by atoms with E-state index in [-0.39, 0.29) is 37.0 Å². The summed E-state index contributed by atoms with van der Waals surface area (Å²) >= 11 is 0. The fraction of sp³-hybridized carbons (Fsp3) is 0.333. The van der Waals surface area contributed by atoms with Gasteiger partial charge in [-0.15, -0.1) is 0 Å². The van der Waals surface area contributed by atoms with Crippen LogP contribution in [-0.2, 0) is 19.1 Å². The molecule has 1 aliphatic heterocycles. The lowest BCUT2D eigenvalue weighted by atomic mass is 9.97. The SMILES string of the molecule is NC(=O)[C@H]1CCCN(C(=O)COC(=O)CCC(=O)c2ccc(-c3ccccc3)cc2)C1. The highest BCUT2D eigenvalue weighted by Crippen LogP contribution is 2.20. The summed E-state index contributed by atoms with van der Waals surface area (Å²) < 4.78 is 5.02. The predicted octanol–water partition coefficient (Wildman–Crippen LogP) is 2.58. The summed E-state index contributed by atoms with van der Waals surface area (Å²) in [6, 6.07) is 17.1. The molecular weight excluding hydrogens is 396 g/mol. The number of ether oxygens (including phenoxy) is 1. The highest BCUT2D eigenvalue weighted by Gasteiger charge is 2.27. The van der Waals surface area contributed by atoms with Gasteiger partial charge in [0.15, 0.2) is 12.4 Å². The van der Waals surface area contributed by atoms with Crippen LogP contribution in [0.1, 0.15) is 36.0 Å². The standard InChI is InChI=1S/C24H26N2O5/c25-24(30)20-7-4-14-26(15-20)22(28)16-31-23(29)13-12-21(27)19-10-8-18(9-11-19)17-5-2-1-3-6-17/h1-3,5-6,8-11,20H,4,7,12-16H2,(H2,25,30)/t20-/m0/s1. The average Bonchev–Trinajstić information content (AvgIpc) is 2.81. The lowest BCUT2D eigenvalue weighted by Crippen LogP contribution is -2.45. The first kappa shape index (κ1) is 22.2. The maximum atomic E-state index is 12.4. The van der Waals surface area contributed by atoms with Crippen molar-refractivity contribution in [3.63, 3.8) is 0 Å². The van der Waals surface area contributed by atoms with Gasteiger partial charge in [0.05, 0.1) is 12.3 Å². The Morgan fingerprint density at radius 2 is 1.61 bits per heavy atom. The molecular formula is C24H26N2O5. The molecule has 0 aliphatic carbocycles. The number of benzene rings is 2. The number of nitrogens with zero attached hydrogens (tertiary/aromatic N) is 1. The van der Waals surface area contributed by atoms with Crippen molar-refractivity contribution in [2.45, 2.75) is 25.7 Å². The molecule has 162 valence electrons. The lowest BCUT2D eigenvalue weighted by molar-refractivity contribution is -0.153. The van der Waals surface area contributed by atoms with E-state index in [2.05, 4.69) is 0 Å². The van der Waals surface area contributed by atoms with Crippen molar-refractivity contribution in [2.24, 2.45) is 11.7 Å². The van der Waals surface area contributed by atoms with Gasteiger partial charge in [-0.1, -0.05) is 54.6 Å². The highest BCUT2D eigenvalue weighted by molar-refractivity contribution is 5.98. The Morgan fingerprint density at radius 1 is 0.935 bits per heavy atom. The third-order valence-electron chi connectivity index (χ3n) is 5.40. The number of hydrogen-bond donors (Lipinski definition) is 1. The van der Waals surface area contributed by atoms with Crippen LogP contribution in [-0.4, -0.2) is 48.2 Å². The molecule has 0 radical (unpaired) electrons. The molecule has 2 aromatic carbocycles. The fourth-order valence-electron chi connectivity index (χ4n) is 3.58. The first-order valence-electron chi connectivity index (χ1n) is 10.4. The van der Waals surface area contributed by atoms with E-state index in [1.165, 1.54) is 4.90 Å². The first-order chi connectivity index (χ1) is 14.9. The molecule has 1 heterocycles. The summed E-state index contributed by atoms with van der Waals surface area (Å²) in [6.45, 7) is 0.366. The van der Waals surface area contributed by atoms with Gasteiger partial charge in [0, 0.05) is 25.1 Å². The molecule has 7 nitrogen and oxygen atoms in total. The molecule has 0 bridgehead atoms. The molecule has 0 unspecified atom stereocenters.